The smallest absolute Gasteiger partial charge is 0.168 e. The van der Waals surface area contributed by atoms with Crippen LogP contribution in [0.2, 0.25) is 0 Å². The fourth-order valence-corrected chi connectivity index (χ4v) is 5.36. The molecule has 0 saturated carbocycles. The summed E-state index contributed by atoms with van der Waals surface area (Å²) in [5, 5.41) is 11.8. The lowest BCUT2D eigenvalue weighted by atomic mass is 10.1. The number of rotatable bonds is 4. The van der Waals surface area contributed by atoms with Crippen molar-refractivity contribution in [3.05, 3.63) is 132 Å². The van der Waals surface area contributed by atoms with Gasteiger partial charge in [0.2, 0.25) is 0 Å². The highest BCUT2D eigenvalue weighted by Gasteiger charge is 2.18. The maximum absolute atomic E-state index is 4.62. The minimum atomic E-state index is 0.819. The Morgan fingerprint density at radius 3 is 1.32 bits per heavy atom. The fraction of sp³-hybridized carbons (Fsp3) is 0.0588. The van der Waals surface area contributed by atoms with Gasteiger partial charge < -0.3 is 4.57 Å². The molecule has 5 aromatic carbocycles. The van der Waals surface area contributed by atoms with Gasteiger partial charge in [-0.3, -0.25) is 4.57 Å². The number of benzene rings is 5. The highest BCUT2D eigenvalue weighted by Crippen LogP contribution is 2.34. The summed E-state index contributed by atoms with van der Waals surface area (Å²) in [4.78, 5) is 0. The topological polar surface area (TPSA) is 35.6 Å². The van der Waals surface area contributed by atoms with Gasteiger partial charge in [0.15, 0.2) is 11.6 Å². The van der Waals surface area contributed by atoms with E-state index in [-0.39, 0.29) is 0 Å². The van der Waals surface area contributed by atoms with E-state index in [2.05, 4.69) is 118 Å². The average molecular weight is 491 g/mol. The van der Waals surface area contributed by atoms with Crippen LogP contribution in [0.4, 0.5) is 0 Å². The second-order valence-electron chi connectivity index (χ2n) is 9.81. The molecule has 0 aliphatic rings. The minimum absolute atomic E-state index is 0.819. The molecule has 0 unspecified atom stereocenters. The summed E-state index contributed by atoms with van der Waals surface area (Å²) in [6, 6.07) is 42.6. The number of hydrogen-bond donors (Lipinski definition) is 0. The maximum atomic E-state index is 4.62. The van der Waals surface area contributed by atoms with Crippen molar-refractivity contribution in [2.24, 2.45) is 0 Å². The Balaban J connectivity index is 1.42. The molecular formula is C34H26N4. The van der Waals surface area contributed by atoms with Gasteiger partial charge in [0.05, 0.1) is 11.0 Å². The molecule has 7 rings (SSSR count). The van der Waals surface area contributed by atoms with Gasteiger partial charge in [0, 0.05) is 33.3 Å². The van der Waals surface area contributed by atoms with E-state index in [1.807, 2.05) is 36.4 Å². The lowest BCUT2D eigenvalue weighted by Crippen LogP contribution is -2.01. The van der Waals surface area contributed by atoms with Crippen LogP contribution in [0.15, 0.2) is 121 Å². The first-order chi connectivity index (χ1) is 18.7. The Morgan fingerprint density at radius 1 is 0.447 bits per heavy atom. The first-order valence-electron chi connectivity index (χ1n) is 12.9. The number of aromatic nitrogens is 4. The van der Waals surface area contributed by atoms with Crippen molar-refractivity contribution in [3.8, 4) is 34.2 Å². The Kier molecular flexibility index (Phi) is 5.19. The highest BCUT2D eigenvalue weighted by molar-refractivity contribution is 6.09. The second kappa shape index (κ2) is 8.86. The molecule has 2 aromatic heterocycles. The van der Waals surface area contributed by atoms with E-state index in [0.29, 0.717) is 0 Å². The third-order valence-corrected chi connectivity index (χ3v) is 7.17. The molecule has 0 aliphatic heterocycles. The zero-order valence-corrected chi connectivity index (χ0v) is 21.3. The highest BCUT2D eigenvalue weighted by atomic mass is 15.3. The average Bonchev–Trinajstić information content (AvgIpc) is 3.54. The SMILES string of the molecule is Cc1ccc2c(c1)c1cc(C)ccc1n2-c1ccc(-n2c(-c3ccccc3)nnc2-c2ccccc2)cc1. The van der Waals surface area contributed by atoms with Crippen molar-refractivity contribution in [3.63, 3.8) is 0 Å². The van der Waals surface area contributed by atoms with Gasteiger partial charge >= 0.3 is 0 Å². The predicted molar refractivity (Wildman–Crippen MR) is 156 cm³/mol. The Hall–Kier alpha value is -4.96. The molecule has 0 atom stereocenters. The Morgan fingerprint density at radius 2 is 0.868 bits per heavy atom. The Labute approximate surface area is 221 Å². The molecule has 0 N–H and O–H groups in total. The van der Waals surface area contributed by atoms with Crippen molar-refractivity contribution >= 4 is 21.8 Å². The molecule has 0 radical (unpaired) electrons. The van der Waals surface area contributed by atoms with E-state index >= 15 is 0 Å². The summed E-state index contributed by atoms with van der Waals surface area (Å²) >= 11 is 0. The number of fused-ring (bicyclic) bond motifs is 3. The number of nitrogens with zero attached hydrogens (tertiary/aromatic N) is 4. The normalized spacial score (nSPS) is 11.4. The number of hydrogen-bond acceptors (Lipinski definition) is 2. The van der Waals surface area contributed by atoms with Gasteiger partial charge in [-0.2, -0.15) is 0 Å². The van der Waals surface area contributed by atoms with Crippen molar-refractivity contribution in [2.45, 2.75) is 13.8 Å². The molecule has 0 amide bonds. The molecule has 4 heteroatoms. The maximum Gasteiger partial charge on any atom is 0.168 e. The van der Waals surface area contributed by atoms with Crippen LogP contribution in [-0.4, -0.2) is 19.3 Å². The summed E-state index contributed by atoms with van der Waals surface area (Å²) in [7, 11) is 0. The van der Waals surface area contributed by atoms with Crippen LogP contribution in [0.25, 0.3) is 56.0 Å². The molecule has 7 aromatic rings. The molecule has 4 nitrogen and oxygen atoms in total. The molecule has 0 bridgehead atoms. The van der Waals surface area contributed by atoms with Crippen molar-refractivity contribution in [1.82, 2.24) is 19.3 Å². The molecule has 38 heavy (non-hydrogen) atoms. The molecule has 0 fully saturated rings. The summed E-state index contributed by atoms with van der Waals surface area (Å²) in [5.74, 6) is 1.64. The monoisotopic (exact) mass is 490 g/mol. The van der Waals surface area contributed by atoms with E-state index in [0.717, 1.165) is 34.2 Å². The van der Waals surface area contributed by atoms with Crippen LogP contribution < -0.4 is 0 Å². The van der Waals surface area contributed by atoms with Crippen LogP contribution in [0, 0.1) is 13.8 Å². The van der Waals surface area contributed by atoms with E-state index < -0.39 is 0 Å². The molecule has 2 heterocycles. The predicted octanol–water partition coefficient (Wildman–Crippen LogP) is 8.32. The van der Waals surface area contributed by atoms with Crippen LogP contribution in [-0.2, 0) is 0 Å². The molecular weight excluding hydrogens is 464 g/mol. The van der Waals surface area contributed by atoms with E-state index in [4.69, 9.17) is 0 Å². The third-order valence-electron chi connectivity index (χ3n) is 7.17. The summed E-state index contributed by atoms with van der Waals surface area (Å²) in [5.41, 5.74) is 9.15. The van der Waals surface area contributed by atoms with Crippen LogP contribution in [0.1, 0.15) is 11.1 Å². The van der Waals surface area contributed by atoms with Crippen molar-refractivity contribution in [2.75, 3.05) is 0 Å². The van der Waals surface area contributed by atoms with E-state index in [1.165, 1.54) is 32.9 Å². The van der Waals surface area contributed by atoms with Crippen molar-refractivity contribution < 1.29 is 0 Å². The molecule has 182 valence electrons. The van der Waals surface area contributed by atoms with Gasteiger partial charge in [-0.15, -0.1) is 10.2 Å². The summed E-state index contributed by atoms with van der Waals surface area (Å²) in [6.45, 7) is 4.31. The largest absolute Gasteiger partial charge is 0.309 e. The number of aryl methyl sites for hydroxylation is 2. The standard InChI is InChI=1S/C34H26N4/c1-23-13-19-31-29(21-23)30-22-24(2)14-20-32(30)37(31)27-15-17-28(18-16-27)38-33(25-9-5-3-6-10-25)35-36-34(38)26-11-7-4-8-12-26/h3-22H,1-2H3. The zero-order chi connectivity index (χ0) is 25.6. The first kappa shape index (κ1) is 22.3. The Bertz CT molecular complexity index is 1800. The summed E-state index contributed by atoms with van der Waals surface area (Å²) < 4.78 is 4.50. The molecule has 0 saturated heterocycles. The van der Waals surface area contributed by atoms with Crippen molar-refractivity contribution in [1.29, 1.82) is 0 Å². The molecule has 0 aliphatic carbocycles. The molecule has 0 spiro atoms. The lowest BCUT2D eigenvalue weighted by Gasteiger charge is -2.13. The van der Waals surface area contributed by atoms with Crippen LogP contribution >= 0.6 is 0 Å². The van der Waals surface area contributed by atoms with Crippen LogP contribution in [0.3, 0.4) is 0 Å². The summed E-state index contributed by atoms with van der Waals surface area (Å²) in [6.07, 6.45) is 0. The minimum Gasteiger partial charge on any atom is -0.309 e. The van der Waals surface area contributed by atoms with Gasteiger partial charge in [-0.25, -0.2) is 0 Å². The third kappa shape index (κ3) is 3.61. The van der Waals surface area contributed by atoms with Gasteiger partial charge in [-0.05, 0) is 62.4 Å². The van der Waals surface area contributed by atoms with E-state index in [1.54, 1.807) is 0 Å². The zero-order valence-electron chi connectivity index (χ0n) is 21.3. The lowest BCUT2D eigenvalue weighted by molar-refractivity contribution is 1.07. The van der Waals surface area contributed by atoms with Gasteiger partial charge in [0.1, 0.15) is 0 Å². The van der Waals surface area contributed by atoms with E-state index in [9.17, 15) is 0 Å². The van der Waals surface area contributed by atoms with Gasteiger partial charge in [0.25, 0.3) is 0 Å². The second-order valence-corrected chi connectivity index (χ2v) is 9.81. The van der Waals surface area contributed by atoms with Crippen LogP contribution in [0.5, 0.6) is 0 Å². The fourth-order valence-electron chi connectivity index (χ4n) is 5.36. The first-order valence-corrected chi connectivity index (χ1v) is 12.9. The van der Waals surface area contributed by atoms with Gasteiger partial charge in [-0.1, -0.05) is 83.9 Å². The quantitative estimate of drug-likeness (QED) is 0.249.